The number of nitrogens with zero attached hydrogens (tertiary/aromatic N) is 2. The number of hydrogen-bond acceptors (Lipinski definition) is 4. The Morgan fingerprint density at radius 1 is 1.11 bits per heavy atom. The van der Waals surface area contributed by atoms with E-state index in [4.69, 9.17) is 4.74 Å². The number of aliphatic imine (C=N–C) groups is 1. The number of guanidine groups is 1. The zero-order chi connectivity index (χ0) is 19.5. The minimum atomic E-state index is -0.197. The third-order valence-electron chi connectivity index (χ3n) is 4.55. The van der Waals surface area contributed by atoms with E-state index in [2.05, 4.69) is 44.8 Å². The first-order valence-electron chi connectivity index (χ1n) is 10.0. The van der Waals surface area contributed by atoms with Gasteiger partial charge in [-0.15, -0.1) is 24.0 Å². The summed E-state index contributed by atoms with van der Waals surface area (Å²) in [6.07, 6.45) is 4.26. The van der Waals surface area contributed by atoms with E-state index in [9.17, 15) is 4.79 Å². The van der Waals surface area contributed by atoms with Gasteiger partial charge in [0.2, 0.25) is 0 Å². The number of carbonyl (C=O) groups excluding carboxylic acids is 1. The van der Waals surface area contributed by atoms with E-state index in [1.165, 1.54) is 43.5 Å². The van der Waals surface area contributed by atoms with Gasteiger partial charge in [0.05, 0.1) is 12.5 Å². The van der Waals surface area contributed by atoms with E-state index >= 15 is 0 Å². The van der Waals surface area contributed by atoms with Gasteiger partial charge < -0.3 is 15.4 Å². The number of benzene rings is 1. The minimum absolute atomic E-state index is 0. The largest absolute Gasteiger partial charge is 0.463 e. The molecule has 1 fully saturated rings. The molecule has 1 aromatic carbocycles. The first kappa shape index (κ1) is 24.7. The number of carbonyl (C=O) groups is 1. The molecule has 1 aliphatic heterocycles. The first-order valence-corrected chi connectivity index (χ1v) is 10.0. The van der Waals surface area contributed by atoms with Crippen LogP contribution in [0, 0.1) is 0 Å². The van der Waals surface area contributed by atoms with Crippen molar-refractivity contribution < 1.29 is 9.53 Å². The lowest BCUT2D eigenvalue weighted by atomic mass is 10.1. The van der Waals surface area contributed by atoms with Crippen LogP contribution in [0.4, 0.5) is 0 Å². The highest BCUT2D eigenvalue weighted by Crippen LogP contribution is 2.13. The van der Waals surface area contributed by atoms with Crippen LogP contribution in [0.5, 0.6) is 0 Å². The van der Waals surface area contributed by atoms with Gasteiger partial charge in [0, 0.05) is 26.7 Å². The average Bonchev–Trinajstić information content (AvgIpc) is 2.66. The smallest absolute Gasteiger partial charge is 0.307 e. The van der Waals surface area contributed by atoms with Crippen molar-refractivity contribution in [1.29, 1.82) is 0 Å². The van der Waals surface area contributed by atoms with Gasteiger partial charge in [-0.1, -0.05) is 30.7 Å². The maximum atomic E-state index is 11.6. The second-order valence-corrected chi connectivity index (χ2v) is 7.29. The summed E-state index contributed by atoms with van der Waals surface area (Å²) >= 11 is 0. The number of likely N-dealkylation sites (tertiary alicyclic amines) is 1. The fraction of sp³-hybridized carbons (Fsp3) is 0.619. The van der Waals surface area contributed by atoms with Gasteiger partial charge in [0.15, 0.2) is 5.96 Å². The number of hydrogen-bond donors (Lipinski definition) is 2. The van der Waals surface area contributed by atoms with E-state index in [0.29, 0.717) is 25.5 Å². The Labute approximate surface area is 186 Å². The topological polar surface area (TPSA) is 66.0 Å². The fourth-order valence-corrected chi connectivity index (χ4v) is 3.15. The molecule has 1 saturated heterocycles. The Morgan fingerprint density at radius 2 is 1.75 bits per heavy atom. The van der Waals surface area contributed by atoms with Crippen LogP contribution in [0.2, 0.25) is 0 Å². The van der Waals surface area contributed by atoms with Gasteiger partial charge in [0.1, 0.15) is 0 Å². The molecule has 0 amide bonds. The average molecular weight is 502 g/mol. The quantitative estimate of drug-likeness (QED) is 0.247. The molecule has 2 N–H and O–H groups in total. The SMILES string of the molecule is CN=C(NCCC(=O)OC(C)C)NCc1ccc(CN2CCCCC2)cc1.I. The van der Waals surface area contributed by atoms with Crippen molar-refractivity contribution in [2.24, 2.45) is 4.99 Å². The molecule has 1 heterocycles. The molecule has 1 aliphatic rings. The van der Waals surface area contributed by atoms with Gasteiger partial charge in [-0.3, -0.25) is 14.7 Å². The van der Waals surface area contributed by atoms with E-state index < -0.39 is 0 Å². The number of halogens is 1. The van der Waals surface area contributed by atoms with Gasteiger partial charge >= 0.3 is 5.97 Å². The van der Waals surface area contributed by atoms with Crippen LogP contribution in [0.3, 0.4) is 0 Å². The van der Waals surface area contributed by atoms with E-state index in [1.807, 2.05) is 13.8 Å². The molecule has 1 aromatic rings. The highest BCUT2D eigenvalue weighted by atomic mass is 127. The monoisotopic (exact) mass is 502 g/mol. The van der Waals surface area contributed by atoms with Gasteiger partial charge in [-0.05, 0) is 50.9 Å². The molecular formula is C21H35IN4O2. The summed E-state index contributed by atoms with van der Waals surface area (Å²) in [6.45, 7) is 8.38. The van der Waals surface area contributed by atoms with Crippen molar-refractivity contribution in [3.8, 4) is 0 Å². The predicted molar refractivity (Wildman–Crippen MR) is 125 cm³/mol. The zero-order valence-corrected chi connectivity index (χ0v) is 19.7. The zero-order valence-electron chi connectivity index (χ0n) is 17.4. The second-order valence-electron chi connectivity index (χ2n) is 7.29. The molecule has 0 bridgehead atoms. The molecule has 0 aromatic heterocycles. The molecule has 7 heteroatoms. The summed E-state index contributed by atoms with van der Waals surface area (Å²) in [5.74, 6) is 0.488. The molecule has 2 rings (SSSR count). The number of ether oxygens (including phenoxy) is 1. The molecule has 28 heavy (non-hydrogen) atoms. The standard InChI is InChI=1S/C21H34N4O2.HI/c1-17(2)27-20(26)11-12-23-21(22-3)24-15-18-7-9-19(10-8-18)16-25-13-5-4-6-14-25;/h7-10,17H,4-6,11-16H2,1-3H3,(H2,22,23,24);1H. The lowest BCUT2D eigenvalue weighted by molar-refractivity contribution is -0.147. The summed E-state index contributed by atoms with van der Waals surface area (Å²) in [4.78, 5) is 18.3. The molecule has 0 radical (unpaired) electrons. The summed E-state index contributed by atoms with van der Waals surface area (Å²) in [5.41, 5.74) is 2.58. The Morgan fingerprint density at radius 3 is 2.36 bits per heavy atom. The highest BCUT2D eigenvalue weighted by Gasteiger charge is 2.10. The summed E-state index contributed by atoms with van der Waals surface area (Å²) in [6, 6.07) is 8.76. The lowest BCUT2D eigenvalue weighted by Crippen LogP contribution is -2.38. The molecule has 0 atom stereocenters. The fourth-order valence-electron chi connectivity index (χ4n) is 3.15. The Balaban J connectivity index is 0.00000392. The van der Waals surface area contributed by atoms with Crippen LogP contribution >= 0.6 is 24.0 Å². The molecule has 0 saturated carbocycles. The minimum Gasteiger partial charge on any atom is -0.463 e. The normalized spacial score (nSPS) is 15.1. The lowest BCUT2D eigenvalue weighted by Gasteiger charge is -2.26. The molecule has 6 nitrogen and oxygen atoms in total. The van der Waals surface area contributed by atoms with Crippen molar-refractivity contribution >= 4 is 35.9 Å². The number of rotatable bonds is 8. The van der Waals surface area contributed by atoms with Crippen molar-refractivity contribution in [3.05, 3.63) is 35.4 Å². The first-order chi connectivity index (χ1) is 13.1. The molecule has 158 valence electrons. The van der Waals surface area contributed by atoms with Gasteiger partial charge in [-0.25, -0.2) is 0 Å². The van der Waals surface area contributed by atoms with E-state index in [-0.39, 0.29) is 36.0 Å². The maximum Gasteiger partial charge on any atom is 0.307 e. The van der Waals surface area contributed by atoms with Crippen LogP contribution < -0.4 is 10.6 Å². The third-order valence-corrected chi connectivity index (χ3v) is 4.55. The van der Waals surface area contributed by atoms with Crippen LogP contribution in [0.1, 0.15) is 50.7 Å². The summed E-state index contributed by atoms with van der Waals surface area (Å²) in [5, 5.41) is 6.42. The van der Waals surface area contributed by atoms with Gasteiger partial charge in [0.25, 0.3) is 0 Å². The van der Waals surface area contributed by atoms with E-state index in [0.717, 1.165) is 6.54 Å². The summed E-state index contributed by atoms with van der Waals surface area (Å²) < 4.78 is 5.12. The van der Waals surface area contributed by atoms with Crippen molar-refractivity contribution in [2.75, 3.05) is 26.7 Å². The molecule has 0 aliphatic carbocycles. The number of esters is 1. The Bertz CT molecular complexity index is 599. The maximum absolute atomic E-state index is 11.6. The van der Waals surface area contributed by atoms with Crippen LogP contribution in [0.15, 0.2) is 29.3 Å². The van der Waals surface area contributed by atoms with Crippen molar-refractivity contribution in [1.82, 2.24) is 15.5 Å². The molecule has 0 spiro atoms. The number of piperidine rings is 1. The van der Waals surface area contributed by atoms with Gasteiger partial charge in [-0.2, -0.15) is 0 Å². The van der Waals surface area contributed by atoms with Crippen LogP contribution in [-0.4, -0.2) is 49.6 Å². The van der Waals surface area contributed by atoms with Crippen LogP contribution in [-0.2, 0) is 22.6 Å². The van der Waals surface area contributed by atoms with Crippen molar-refractivity contribution in [2.45, 2.75) is 58.7 Å². The summed E-state index contributed by atoms with van der Waals surface area (Å²) in [7, 11) is 1.73. The predicted octanol–water partition coefficient (Wildman–Crippen LogP) is 3.30. The Hall–Kier alpha value is -1.35. The third kappa shape index (κ3) is 9.73. The van der Waals surface area contributed by atoms with Crippen molar-refractivity contribution in [3.63, 3.8) is 0 Å². The van der Waals surface area contributed by atoms with Crippen LogP contribution in [0.25, 0.3) is 0 Å². The number of nitrogens with one attached hydrogen (secondary N) is 2. The van der Waals surface area contributed by atoms with E-state index in [1.54, 1.807) is 7.05 Å². The Kier molecular flexibility index (Phi) is 12.1. The highest BCUT2D eigenvalue weighted by molar-refractivity contribution is 14.0. The molecular weight excluding hydrogens is 467 g/mol. The second kappa shape index (κ2) is 13.8. The molecule has 0 unspecified atom stereocenters.